The van der Waals surface area contributed by atoms with Crippen molar-refractivity contribution in [2.75, 3.05) is 18.5 Å². The standard InChI is InChI=1S/C18H25N5O2/c24-18(20-11-6-14-25-15-7-2-1-3-8-15)22-16-9-4-10-19-17(16)23-13-5-12-21-23/h4-5,9-10,12-13,15H,1-3,6-8,11,14H2,(H2,20,22,24). The van der Waals surface area contributed by atoms with Crippen LogP contribution in [-0.2, 0) is 4.74 Å². The molecule has 2 heterocycles. The molecule has 1 fully saturated rings. The van der Waals surface area contributed by atoms with Crippen molar-refractivity contribution in [1.82, 2.24) is 20.1 Å². The number of urea groups is 1. The summed E-state index contributed by atoms with van der Waals surface area (Å²) in [6.07, 6.45) is 12.6. The van der Waals surface area contributed by atoms with Gasteiger partial charge in [-0.15, -0.1) is 0 Å². The van der Waals surface area contributed by atoms with Crippen LogP contribution in [0.1, 0.15) is 38.5 Å². The molecule has 25 heavy (non-hydrogen) atoms. The van der Waals surface area contributed by atoms with Crippen LogP contribution in [-0.4, -0.2) is 40.1 Å². The molecule has 2 aromatic rings. The van der Waals surface area contributed by atoms with Crippen molar-refractivity contribution in [3.8, 4) is 5.82 Å². The molecule has 0 radical (unpaired) electrons. The van der Waals surface area contributed by atoms with Gasteiger partial charge in [0, 0.05) is 31.7 Å². The fraction of sp³-hybridized carbons (Fsp3) is 0.500. The molecule has 0 aliphatic heterocycles. The molecule has 0 aromatic carbocycles. The van der Waals surface area contributed by atoms with Crippen LogP contribution >= 0.6 is 0 Å². The van der Waals surface area contributed by atoms with Crippen LogP contribution in [0.15, 0.2) is 36.8 Å². The molecule has 0 bridgehead atoms. The molecule has 7 nitrogen and oxygen atoms in total. The summed E-state index contributed by atoms with van der Waals surface area (Å²) < 4.78 is 7.48. The van der Waals surface area contributed by atoms with Gasteiger partial charge in [0.2, 0.25) is 0 Å². The first kappa shape index (κ1) is 17.4. The molecule has 134 valence electrons. The van der Waals surface area contributed by atoms with Crippen molar-refractivity contribution in [2.24, 2.45) is 0 Å². The molecule has 1 aliphatic carbocycles. The van der Waals surface area contributed by atoms with E-state index in [9.17, 15) is 4.79 Å². The van der Waals surface area contributed by atoms with Crippen molar-refractivity contribution in [2.45, 2.75) is 44.6 Å². The molecule has 0 spiro atoms. The Morgan fingerprint density at radius 2 is 2.12 bits per heavy atom. The second-order valence-corrected chi connectivity index (χ2v) is 6.19. The second-order valence-electron chi connectivity index (χ2n) is 6.19. The van der Waals surface area contributed by atoms with E-state index >= 15 is 0 Å². The summed E-state index contributed by atoms with van der Waals surface area (Å²) in [6.45, 7) is 1.27. The fourth-order valence-corrected chi connectivity index (χ4v) is 2.99. The summed E-state index contributed by atoms with van der Waals surface area (Å²) in [5.41, 5.74) is 0.613. The Labute approximate surface area is 147 Å². The Morgan fingerprint density at radius 3 is 2.92 bits per heavy atom. The summed E-state index contributed by atoms with van der Waals surface area (Å²) in [7, 11) is 0. The number of aromatic nitrogens is 3. The zero-order valence-corrected chi connectivity index (χ0v) is 14.4. The third-order valence-corrected chi connectivity index (χ3v) is 4.27. The van der Waals surface area contributed by atoms with Gasteiger partial charge >= 0.3 is 6.03 Å². The Bertz CT molecular complexity index is 653. The van der Waals surface area contributed by atoms with Gasteiger partial charge in [-0.1, -0.05) is 19.3 Å². The molecule has 2 amide bonds. The predicted octanol–water partition coefficient (Wildman–Crippen LogP) is 3.13. The molecule has 7 heteroatoms. The highest BCUT2D eigenvalue weighted by atomic mass is 16.5. The minimum atomic E-state index is -0.251. The number of ether oxygens (including phenoxy) is 1. The third-order valence-electron chi connectivity index (χ3n) is 4.27. The van der Waals surface area contributed by atoms with Crippen LogP contribution in [0.25, 0.3) is 5.82 Å². The van der Waals surface area contributed by atoms with E-state index in [1.54, 1.807) is 35.4 Å². The van der Waals surface area contributed by atoms with Gasteiger partial charge in [0.05, 0.1) is 11.8 Å². The number of amides is 2. The Hall–Kier alpha value is -2.41. The first-order valence-electron chi connectivity index (χ1n) is 8.94. The number of anilines is 1. The van der Waals surface area contributed by atoms with Gasteiger partial charge in [0.1, 0.15) is 0 Å². The maximum atomic E-state index is 12.1. The van der Waals surface area contributed by atoms with E-state index in [0.29, 0.717) is 30.8 Å². The number of nitrogens with zero attached hydrogens (tertiary/aromatic N) is 3. The Kier molecular flexibility index (Phi) is 6.39. The van der Waals surface area contributed by atoms with Crippen LogP contribution in [0.2, 0.25) is 0 Å². The van der Waals surface area contributed by atoms with E-state index in [2.05, 4.69) is 20.7 Å². The lowest BCUT2D eigenvalue weighted by atomic mass is 9.98. The quantitative estimate of drug-likeness (QED) is 0.757. The number of pyridine rings is 1. The van der Waals surface area contributed by atoms with Gasteiger partial charge in [0.15, 0.2) is 5.82 Å². The zero-order chi connectivity index (χ0) is 17.3. The van der Waals surface area contributed by atoms with E-state index in [-0.39, 0.29) is 6.03 Å². The van der Waals surface area contributed by atoms with Gasteiger partial charge in [0.25, 0.3) is 0 Å². The fourth-order valence-electron chi connectivity index (χ4n) is 2.99. The maximum absolute atomic E-state index is 12.1. The maximum Gasteiger partial charge on any atom is 0.319 e. The van der Waals surface area contributed by atoms with Crippen LogP contribution < -0.4 is 10.6 Å². The van der Waals surface area contributed by atoms with Gasteiger partial charge < -0.3 is 15.4 Å². The number of hydrogen-bond acceptors (Lipinski definition) is 4. The summed E-state index contributed by atoms with van der Waals surface area (Å²) in [5, 5.41) is 9.83. The highest BCUT2D eigenvalue weighted by Gasteiger charge is 2.13. The van der Waals surface area contributed by atoms with Crippen LogP contribution in [0.3, 0.4) is 0 Å². The Morgan fingerprint density at radius 1 is 1.24 bits per heavy atom. The van der Waals surface area contributed by atoms with Crippen LogP contribution in [0.4, 0.5) is 10.5 Å². The van der Waals surface area contributed by atoms with Crippen LogP contribution in [0, 0.1) is 0 Å². The van der Waals surface area contributed by atoms with E-state index in [4.69, 9.17) is 4.74 Å². The second kappa shape index (κ2) is 9.17. The van der Waals surface area contributed by atoms with Crippen molar-refractivity contribution >= 4 is 11.7 Å². The molecule has 1 saturated carbocycles. The van der Waals surface area contributed by atoms with Crippen molar-refractivity contribution in [3.05, 3.63) is 36.8 Å². The lowest BCUT2D eigenvalue weighted by Crippen LogP contribution is -2.31. The lowest BCUT2D eigenvalue weighted by Gasteiger charge is -2.21. The number of rotatable bonds is 7. The monoisotopic (exact) mass is 343 g/mol. The molecule has 0 saturated heterocycles. The van der Waals surface area contributed by atoms with Crippen molar-refractivity contribution in [3.63, 3.8) is 0 Å². The van der Waals surface area contributed by atoms with Crippen LogP contribution in [0.5, 0.6) is 0 Å². The van der Waals surface area contributed by atoms with Gasteiger partial charge in [-0.2, -0.15) is 5.10 Å². The molecule has 2 aromatic heterocycles. The SMILES string of the molecule is O=C(NCCCOC1CCCCC1)Nc1cccnc1-n1cccn1. The molecule has 0 unspecified atom stereocenters. The Balaban J connectivity index is 1.39. The molecular formula is C18H25N5O2. The molecular weight excluding hydrogens is 318 g/mol. The summed E-state index contributed by atoms with van der Waals surface area (Å²) >= 11 is 0. The summed E-state index contributed by atoms with van der Waals surface area (Å²) in [6, 6.07) is 5.14. The van der Waals surface area contributed by atoms with Crippen molar-refractivity contribution in [1.29, 1.82) is 0 Å². The highest BCUT2D eigenvalue weighted by Crippen LogP contribution is 2.20. The third kappa shape index (κ3) is 5.29. The van der Waals surface area contributed by atoms with E-state index in [1.807, 2.05) is 6.07 Å². The number of hydrogen-bond donors (Lipinski definition) is 2. The zero-order valence-electron chi connectivity index (χ0n) is 14.4. The van der Waals surface area contributed by atoms with E-state index in [1.165, 1.54) is 32.1 Å². The number of carbonyl (C=O) groups is 1. The van der Waals surface area contributed by atoms with E-state index in [0.717, 1.165) is 6.42 Å². The summed E-state index contributed by atoms with van der Waals surface area (Å²) in [4.78, 5) is 16.4. The molecule has 1 aliphatic rings. The molecule has 2 N–H and O–H groups in total. The van der Waals surface area contributed by atoms with E-state index < -0.39 is 0 Å². The first-order chi connectivity index (χ1) is 12.3. The van der Waals surface area contributed by atoms with Crippen molar-refractivity contribution < 1.29 is 9.53 Å². The largest absolute Gasteiger partial charge is 0.378 e. The minimum absolute atomic E-state index is 0.251. The molecule has 0 atom stereocenters. The molecule has 3 rings (SSSR count). The summed E-state index contributed by atoms with van der Waals surface area (Å²) in [5.74, 6) is 0.586. The lowest BCUT2D eigenvalue weighted by molar-refractivity contribution is 0.0276. The predicted molar refractivity (Wildman–Crippen MR) is 95.8 cm³/mol. The highest BCUT2D eigenvalue weighted by molar-refractivity contribution is 5.90. The topological polar surface area (TPSA) is 81.1 Å². The first-order valence-corrected chi connectivity index (χ1v) is 8.94. The smallest absolute Gasteiger partial charge is 0.319 e. The number of nitrogens with one attached hydrogen (secondary N) is 2. The van der Waals surface area contributed by atoms with Gasteiger partial charge in [-0.05, 0) is 37.5 Å². The normalized spacial score (nSPS) is 15.0. The van der Waals surface area contributed by atoms with Gasteiger partial charge in [-0.3, -0.25) is 0 Å². The number of carbonyl (C=O) groups excluding carboxylic acids is 1. The van der Waals surface area contributed by atoms with Gasteiger partial charge in [-0.25, -0.2) is 14.5 Å². The average Bonchev–Trinajstić information content (AvgIpc) is 3.17. The average molecular weight is 343 g/mol. The minimum Gasteiger partial charge on any atom is -0.378 e.